The van der Waals surface area contributed by atoms with Crippen LogP contribution in [-0.2, 0) is 28.4 Å². The molecule has 4 nitrogen and oxygen atoms in total. The highest BCUT2D eigenvalue weighted by Crippen LogP contribution is 2.36. The van der Waals surface area contributed by atoms with Crippen molar-refractivity contribution in [2.45, 2.75) is 44.6 Å². The molecule has 0 saturated carbocycles. The average Bonchev–Trinajstić information content (AvgIpc) is 3.02. The Morgan fingerprint density at radius 1 is 1.23 bits per heavy atom. The van der Waals surface area contributed by atoms with Crippen LogP contribution in [0.4, 0.5) is 4.39 Å². The molecular weight excluding hydrogens is 379 g/mol. The summed E-state index contributed by atoms with van der Waals surface area (Å²) < 4.78 is 21.4. The highest BCUT2D eigenvalue weighted by Gasteiger charge is 2.42. The summed E-state index contributed by atoms with van der Waals surface area (Å²) in [6, 6.07) is 13.0. The second kappa shape index (κ2) is 8.23. The Labute approximate surface area is 177 Å². The fourth-order valence-corrected chi connectivity index (χ4v) is 4.66. The third-order valence-corrected chi connectivity index (χ3v) is 6.29. The lowest BCUT2D eigenvalue weighted by atomic mass is 9.73. The van der Waals surface area contributed by atoms with E-state index in [2.05, 4.69) is 30.4 Å². The summed E-state index contributed by atoms with van der Waals surface area (Å²) in [6.07, 6.45) is 4.02. The van der Waals surface area contributed by atoms with E-state index >= 15 is 0 Å². The number of aromatic nitrogens is 1. The summed E-state index contributed by atoms with van der Waals surface area (Å²) in [7, 11) is 1.96. The maximum Gasteiger partial charge on any atom is 0.231 e. The molecule has 2 aromatic carbocycles. The van der Waals surface area contributed by atoms with Crippen molar-refractivity contribution in [2.75, 3.05) is 13.2 Å². The molecule has 1 atom stereocenters. The Bertz CT molecular complexity index is 1070. The molecule has 5 heteroatoms. The number of amides is 1. The molecule has 0 unspecified atom stereocenters. The number of carbonyl (C=O) groups excluding carboxylic acids is 1. The molecule has 1 amide bonds. The van der Waals surface area contributed by atoms with E-state index in [1.165, 1.54) is 6.07 Å². The SMILES string of the molecule is Cc1cccc(C2(C(=O)N[C@@H](C)Cc3cn(C)c4ccc(F)cc34)CCOCC2)c1. The van der Waals surface area contributed by atoms with Crippen molar-refractivity contribution in [1.82, 2.24) is 9.88 Å². The molecule has 1 aromatic heterocycles. The van der Waals surface area contributed by atoms with Gasteiger partial charge in [0.05, 0.1) is 5.41 Å². The minimum Gasteiger partial charge on any atom is -0.381 e. The molecule has 30 heavy (non-hydrogen) atoms. The van der Waals surface area contributed by atoms with Crippen LogP contribution in [0.15, 0.2) is 48.7 Å². The zero-order chi connectivity index (χ0) is 21.3. The number of nitrogens with one attached hydrogen (secondary N) is 1. The smallest absolute Gasteiger partial charge is 0.231 e. The zero-order valence-corrected chi connectivity index (χ0v) is 17.9. The predicted molar refractivity (Wildman–Crippen MR) is 117 cm³/mol. The standard InChI is InChI=1S/C25H29FN2O2/c1-17-5-4-6-20(13-17)25(9-11-30-12-10-25)24(29)27-18(2)14-19-16-28(3)23-8-7-21(26)15-22(19)23/h4-8,13,15-16,18H,9-12,14H2,1-3H3,(H,27,29)/t18-/m0/s1. The van der Waals surface area contributed by atoms with Crippen LogP contribution in [0.2, 0.25) is 0 Å². The number of hydrogen-bond donors (Lipinski definition) is 1. The second-order valence-corrected chi connectivity index (χ2v) is 8.57. The lowest BCUT2D eigenvalue weighted by molar-refractivity contribution is -0.131. The van der Waals surface area contributed by atoms with Gasteiger partial charge in [0.2, 0.25) is 5.91 Å². The Balaban J connectivity index is 1.57. The van der Waals surface area contributed by atoms with Crippen molar-refractivity contribution in [1.29, 1.82) is 0 Å². The van der Waals surface area contributed by atoms with Crippen LogP contribution in [0.5, 0.6) is 0 Å². The summed E-state index contributed by atoms with van der Waals surface area (Å²) in [5.41, 5.74) is 3.67. The molecule has 0 spiro atoms. The fraction of sp³-hybridized carbons (Fsp3) is 0.400. The molecular formula is C25H29FN2O2. The molecule has 0 radical (unpaired) electrons. The van der Waals surface area contributed by atoms with Gasteiger partial charge in [-0.15, -0.1) is 0 Å². The highest BCUT2D eigenvalue weighted by molar-refractivity contribution is 5.89. The van der Waals surface area contributed by atoms with Gasteiger partial charge in [-0.25, -0.2) is 4.39 Å². The number of fused-ring (bicyclic) bond motifs is 1. The van der Waals surface area contributed by atoms with Crippen molar-refractivity contribution in [2.24, 2.45) is 7.05 Å². The number of hydrogen-bond acceptors (Lipinski definition) is 2. The Morgan fingerprint density at radius 2 is 2.00 bits per heavy atom. The molecule has 0 bridgehead atoms. The number of halogens is 1. The van der Waals surface area contributed by atoms with Gasteiger partial charge in [0.15, 0.2) is 0 Å². The van der Waals surface area contributed by atoms with E-state index in [1.807, 2.05) is 30.8 Å². The molecule has 1 saturated heterocycles. The van der Waals surface area contributed by atoms with Gasteiger partial charge in [0.25, 0.3) is 0 Å². The zero-order valence-electron chi connectivity index (χ0n) is 17.9. The lowest BCUT2D eigenvalue weighted by Crippen LogP contribution is -2.50. The molecule has 1 aliphatic rings. The number of aryl methyl sites for hydroxylation is 2. The Kier molecular flexibility index (Phi) is 5.65. The number of carbonyl (C=O) groups is 1. The topological polar surface area (TPSA) is 43.3 Å². The van der Waals surface area contributed by atoms with Crippen LogP contribution in [-0.4, -0.2) is 29.7 Å². The van der Waals surface area contributed by atoms with Crippen LogP contribution >= 0.6 is 0 Å². The maximum atomic E-state index is 13.8. The minimum atomic E-state index is -0.566. The van der Waals surface area contributed by atoms with Gasteiger partial charge in [-0.3, -0.25) is 4.79 Å². The molecule has 1 N–H and O–H groups in total. The van der Waals surface area contributed by atoms with Crippen molar-refractivity contribution in [3.05, 3.63) is 71.2 Å². The molecule has 1 aliphatic heterocycles. The van der Waals surface area contributed by atoms with Gasteiger partial charge in [0, 0.05) is 43.4 Å². The van der Waals surface area contributed by atoms with Gasteiger partial charge in [-0.2, -0.15) is 0 Å². The van der Waals surface area contributed by atoms with E-state index in [0.29, 0.717) is 32.5 Å². The van der Waals surface area contributed by atoms with Crippen LogP contribution in [0, 0.1) is 12.7 Å². The maximum absolute atomic E-state index is 13.8. The summed E-state index contributed by atoms with van der Waals surface area (Å²) in [6.45, 7) is 5.23. The van der Waals surface area contributed by atoms with E-state index in [1.54, 1.807) is 12.1 Å². The summed E-state index contributed by atoms with van der Waals surface area (Å²) in [5, 5.41) is 4.15. The van der Waals surface area contributed by atoms with E-state index < -0.39 is 5.41 Å². The first-order valence-corrected chi connectivity index (χ1v) is 10.6. The number of nitrogens with zero attached hydrogens (tertiary/aromatic N) is 1. The van der Waals surface area contributed by atoms with Gasteiger partial charge >= 0.3 is 0 Å². The molecule has 158 valence electrons. The summed E-state index contributed by atoms with van der Waals surface area (Å²) in [5.74, 6) is -0.192. The quantitative estimate of drug-likeness (QED) is 0.679. The number of rotatable bonds is 5. The monoisotopic (exact) mass is 408 g/mol. The van der Waals surface area contributed by atoms with Crippen molar-refractivity contribution in [3.63, 3.8) is 0 Å². The predicted octanol–water partition coefficient (Wildman–Crippen LogP) is 4.42. The fourth-order valence-electron chi connectivity index (χ4n) is 4.66. The molecule has 3 aromatic rings. The first kappa shape index (κ1) is 20.6. The van der Waals surface area contributed by atoms with E-state index in [-0.39, 0.29) is 17.8 Å². The van der Waals surface area contributed by atoms with Crippen LogP contribution < -0.4 is 5.32 Å². The number of benzene rings is 2. The van der Waals surface area contributed by atoms with Gasteiger partial charge in [-0.05, 0) is 62.4 Å². The summed E-state index contributed by atoms with van der Waals surface area (Å²) in [4.78, 5) is 13.5. The molecule has 1 fully saturated rings. The number of ether oxygens (including phenoxy) is 1. The van der Waals surface area contributed by atoms with Crippen molar-refractivity contribution >= 4 is 16.8 Å². The minimum absolute atomic E-state index is 0.0512. The van der Waals surface area contributed by atoms with Crippen LogP contribution in [0.3, 0.4) is 0 Å². The molecule has 0 aliphatic carbocycles. The van der Waals surface area contributed by atoms with E-state index in [9.17, 15) is 9.18 Å². The molecule has 4 rings (SSSR count). The van der Waals surface area contributed by atoms with Crippen molar-refractivity contribution in [3.8, 4) is 0 Å². The third-order valence-electron chi connectivity index (χ3n) is 6.29. The van der Waals surface area contributed by atoms with Crippen LogP contribution in [0.1, 0.15) is 36.5 Å². The Morgan fingerprint density at radius 3 is 2.73 bits per heavy atom. The largest absolute Gasteiger partial charge is 0.381 e. The summed E-state index contributed by atoms with van der Waals surface area (Å²) >= 11 is 0. The normalized spacial score (nSPS) is 17.1. The van der Waals surface area contributed by atoms with Crippen molar-refractivity contribution < 1.29 is 13.9 Å². The van der Waals surface area contributed by atoms with Crippen LogP contribution in [0.25, 0.3) is 10.9 Å². The van der Waals surface area contributed by atoms with E-state index in [0.717, 1.165) is 27.6 Å². The van der Waals surface area contributed by atoms with Gasteiger partial charge in [0.1, 0.15) is 5.82 Å². The third kappa shape index (κ3) is 3.86. The second-order valence-electron chi connectivity index (χ2n) is 8.57. The van der Waals surface area contributed by atoms with Gasteiger partial charge in [-0.1, -0.05) is 29.8 Å². The van der Waals surface area contributed by atoms with E-state index in [4.69, 9.17) is 4.74 Å². The first-order chi connectivity index (χ1) is 14.4. The lowest BCUT2D eigenvalue weighted by Gasteiger charge is -2.37. The molecule has 2 heterocycles. The average molecular weight is 409 g/mol. The Hall–Kier alpha value is -2.66. The van der Waals surface area contributed by atoms with Gasteiger partial charge < -0.3 is 14.6 Å². The first-order valence-electron chi connectivity index (χ1n) is 10.6. The highest BCUT2D eigenvalue weighted by atomic mass is 19.1.